The molecule has 0 saturated carbocycles. The maximum Gasteiger partial charge on any atom is 0.293 e. The van der Waals surface area contributed by atoms with Gasteiger partial charge in [0.15, 0.2) is 5.82 Å². The molecule has 2 aromatic heterocycles. The number of nitrogens with zero attached hydrogens (tertiary/aromatic N) is 5. The van der Waals surface area contributed by atoms with Crippen LogP contribution in [0, 0.1) is 0 Å². The highest BCUT2D eigenvalue weighted by Crippen LogP contribution is 2.37. The quantitative estimate of drug-likeness (QED) is 0.430. The minimum Gasteiger partial charge on any atom is -0.392 e. The molecule has 2 aromatic carbocycles. The van der Waals surface area contributed by atoms with E-state index in [0.717, 1.165) is 11.1 Å². The molecule has 0 radical (unpaired) electrons. The lowest BCUT2D eigenvalue weighted by molar-refractivity contribution is 0.0996. The van der Waals surface area contributed by atoms with Gasteiger partial charge in [-0.05, 0) is 34.7 Å². The van der Waals surface area contributed by atoms with Crippen LogP contribution in [0.1, 0.15) is 47.8 Å². The molecule has 0 saturated heterocycles. The topological polar surface area (TPSA) is 113 Å². The zero-order valence-electron chi connectivity index (χ0n) is 21.2. The van der Waals surface area contributed by atoms with Crippen molar-refractivity contribution in [2.24, 2.45) is 7.05 Å². The monoisotopic (exact) mass is 496 g/mol. The minimum atomic E-state index is -0.330. The standard InChI is InChI=1S/C28H28N6O3/c1-28(2,3)18-8-9-19-17(12-18)13-34(26(19)36)23-7-5-6-20(21(23)15-35)22-14-33(4)27(37)25(31-22)32-24-10-11-29-16-30-24/h5-12,14,16,35H,13,15H2,1-4H3,(H,29,30,31,32). The largest absolute Gasteiger partial charge is 0.392 e. The summed E-state index contributed by atoms with van der Waals surface area (Å²) in [4.78, 5) is 40.4. The molecule has 5 rings (SSSR count). The number of carbonyl (C=O) groups is 1. The molecule has 0 unspecified atom stereocenters. The number of nitrogens with one attached hydrogen (secondary N) is 1. The molecule has 9 nitrogen and oxygen atoms in total. The molecule has 3 heterocycles. The molecule has 1 aliphatic heterocycles. The first-order chi connectivity index (χ1) is 17.7. The first kappa shape index (κ1) is 24.3. The van der Waals surface area contributed by atoms with Gasteiger partial charge in [-0.3, -0.25) is 9.59 Å². The van der Waals surface area contributed by atoms with E-state index in [1.54, 1.807) is 30.4 Å². The Balaban J connectivity index is 1.56. The number of aromatic nitrogens is 4. The van der Waals surface area contributed by atoms with E-state index < -0.39 is 0 Å². The van der Waals surface area contributed by atoms with Gasteiger partial charge in [-0.25, -0.2) is 15.0 Å². The van der Waals surface area contributed by atoms with E-state index in [0.29, 0.717) is 40.4 Å². The summed E-state index contributed by atoms with van der Waals surface area (Å²) in [5.74, 6) is 0.414. The predicted molar refractivity (Wildman–Crippen MR) is 142 cm³/mol. The Labute approximate surface area is 214 Å². The third-order valence-electron chi connectivity index (χ3n) is 6.55. The van der Waals surface area contributed by atoms with Crippen molar-refractivity contribution in [3.8, 4) is 11.3 Å². The number of aryl methyl sites for hydroxylation is 1. The molecular weight excluding hydrogens is 468 g/mol. The van der Waals surface area contributed by atoms with Crippen molar-refractivity contribution in [1.29, 1.82) is 0 Å². The SMILES string of the molecule is Cn1cc(-c2cccc(N3Cc4cc(C(C)(C)C)ccc4C3=O)c2CO)nc(Nc2ccncn2)c1=O. The van der Waals surface area contributed by atoms with Gasteiger partial charge in [0.25, 0.3) is 11.5 Å². The van der Waals surface area contributed by atoms with Gasteiger partial charge >= 0.3 is 0 Å². The van der Waals surface area contributed by atoms with Crippen LogP contribution in [-0.4, -0.2) is 30.5 Å². The number of anilines is 3. The summed E-state index contributed by atoms with van der Waals surface area (Å²) in [5.41, 5.74) is 4.69. The zero-order valence-corrected chi connectivity index (χ0v) is 21.2. The van der Waals surface area contributed by atoms with Crippen molar-refractivity contribution in [3.05, 3.63) is 93.8 Å². The predicted octanol–water partition coefficient (Wildman–Crippen LogP) is 3.93. The fourth-order valence-electron chi connectivity index (χ4n) is 4.52. The molecule has 0 fully saturated rings. The van der Waals surface area contributed by atoms with Crippen LogP contribution < -0.4 is 15.8 Å². The van der Waals surface area contributed by atoms with Crippen LogP contribution in [0.5, 0.6) is 0 Å². The number of hydrogen-bond donors (Lipinski definition) is 2. The summed E-state index contributed by atoms with van der Waals surface area (Å²) >= 11 is 0. The van der Waals surface area contributed by atoms with E-state index in [-0.39, 0.29) is 29.3 Å². The molecule has 188 valence electrons. The number of carbonyl (C=O) groups excluding carboxylic acids is 1. The van der Waals surface area contributed by atoms with Crippen molar-refractivity contribution in [2.75, 3.05) is 10.2 Å². The number of hydrogen-bond acceptors (Lipinski definition) is 7. The summed E-state index contributed by atoms with van der Waals surface area (Å²) in [6.07, 6.45) is 4.55. The van der Waals surface area contributed by atoms with Crippen LogP contribution >= 0.6 is 0 Å². The highest BCUT2D eigenvalue weighted by Gasteiger charge is 2.31. The van der Waals surface area contributed by atoms with E-state index in [1.807, 2.05) is 30.3 Å². The summed E-state index contributed by atoms with van der Waals surface area (Å²) in [6, 6.07) is 13.1. The maximum absolute atomic E-state index is 13.4. The summed E-state index contributed by atoms with van der Waals surface area (Å²) < 4.78 is 1.42. The van der Waals surface area contributed by atoms with Gasteiger partial charge in [0, 0.05) is 36.1 Å². The highest BCUT2D eigenvalue weighted by atomic mass is 16.3. The van der Waals surface area contributed by atoms with E-state index in [4.69, 9.17) is 0 Å². The van der Waals surface area contributed by atoms with Crippen LogP contribution in [0.15, 0.2) is 66.0 Å². The smallest absolute Gasteiger partial charge is 0.293 e. The average Bonchev–Trinajstić information content (AvgIpc) is 3.21. The first-order valence-corrected chi connectivity index (χ1v) is 12.0. The van der Waals surface area contributed by atoms with Crippen molar-refractivity contribution in [1.82, 2.24) is 19.5 Å². The van der Waals surface area contributed by atoms with Crippen molar-refractivity contribution >= 4 is 23.2 Å². The minimum absolute atomic E-state index is 0.0336. The summed E-state index contributed by atoms with van der Waals surface area (Å²) in [6.45, 7) is 6.54. The normalized spacial score (nSPS) is 13.1. The molecule has 2 N–H and O–H groups in total. The van der Waals surface area contributed by atoms with Crippen LogP contribution in [0.3, 0.4) is 0 Å². The maximum atomic E-state index is 13.4. The van der Waals surface area contributed by atoms with Crippen LogP contribution in [0.25, 0.3) is 11.3 Å². The Bertz CT molecular complexity index is 1560. The number of aliphatic hydroxyl groups is 1. The Kier molecular flexibility index (Phi) is 6.08. The second-order valence-corrected chi connectivity index (χ2v) is 10.1. The van der Waals surface area contributed by atoms with Crippen LogP contribution in [0.2, 0.25) is 0 Å². The number of aliphatic hydroxyl groups excluding tert-OH is 1. The lowest BCUT2D eigenvalue weighted by Crippen LogP contribution is -2.25. The van der Waals surface area contributed by atoms with Crippen LogP contribution in [-0.2, 0) is 25.6 Å². The van der Waals surface area contributed by atoms with Crippen molar-refractivity contribution in [3.63, 3.8) is 0 Å². The van der Waals surface area contributed by atoms with Crippen molar-refractivity contribution < 1.29 is 9.90 Å². The fourth-order valence-corrected chi connectivity index (χ4v) is 4.52. The Morgan fingerprint density at radius 3 is 2.59 bits per heavy atom. The molecular formula is C28H28N6O3. The number of rotatable bonds is 5. The fraction of sp³-hybridized carbons (Fsp3) is 0.250. The third-order valence-corrected chi connectivity index (χ3v) is 6.55. The zero-order chi connectivity index (χ0) is 26.3. The lowest BCUT2D eigenvalue weighted by atomic mass is 9.85. The number of fused-ring (bicyclic) bond motifs is 1. The lowest BCUT2D eigenvalue weighted by Gasteiger charge is -2.21. The Morgan fingerprint density at radius 2 is 1.89 bits per heavy atom. The number of benzene rings is 2. The van der Waals surface area contributed by atoms with Gasteiger partial charge in [0.1, 0.15) is 12.1 Å². The van der Waals surface area contributed by atoms with E-state index in [9.17, 15) is 14.7 Å². The summed E-state index contributed by atoms with van der Waals surface area (Å²) in [5, 5.41) is 13.4. The van der Waals surface area contributed by atoms with Crippen LogP contribution in [0.4, 0.5) is 17.3 Å². The average molecular weight is 497 g/mol. The molecule has 0 aliphatic carbocycles. The summed E-state index contributed by atoms with van der Waals surface area (Å²) in [7, 11) is 1.63. The van der Waals surface area contributed by atoms with Gasteiger partial charge in [-0.2, -0.15) is 0 Å². The van der Waals surface area contributed by atoms with Gasteiger partial charge in [0.05, 0.1) is 24.5 Å². The van der Waals surface area contributed by atoms with E-state index >= 15 is 0 Å². The highest BCUT2D eigenvalue weighted by molar-refractivity contribution is 6.10. The third kappa shape index (κ3) is 4.49. The molecule has 1 amide bonds. The molecule has 9 heteroatoms. The van der Waals surface area contributed by atoms with Crippen molar-refractivity contribution in [2.45, 2.75) is 39.3 Å². The molecule has 1 aliphatic rings. The molecule has 0 atom stereocenters. The van der Waals surface area contributed by atoms with Gasteiger partial charge < -0.3 is 19.9 Å². The Morgan fingerprint density at radius 1 is 1.08 bits per heavy atom. The second-order valence-electron chi connectivity index (χ2n) is 10.1. The van der Waals surface area contributed by atoms with E-state index in [1.165, 1.54) is 10.9 Å². The van der Waals surface area contributed by atoms with Gasteiger partial charge in [-0.15, -0.1) is 0 Å². The molecule has 37 heavy (non-hydrogen) atoms. The number of amides is 1. The first-order valence-electron chi connectivity index (χ1n) is 12.0. The Hall–Kier alpha value is -4.37. The van der Waals surface area contributed by atoms with Gasteiger partial charge in [0.2, 0.25) is 0 Å². The molecule has 4 aromatic rings. The van der Waals surface area contributed by atoms with Gasteiger partial charge in [-0.1, -0.05) is 45.0 Å². The van der Waals surface area contributed by atoms with E-state index in [2.05, 4.69) is 47.1 Å². The molecule has 0 spiro atoms. The molecule has 0 bridgehead atoms. The second kappa shape index (κ2) is 9.25.